The number of ether oxygens (including phenoxy) is 1. The Balaban J connectivity index is 1.65. The minimum absolute atomic E-state index is 0.0385. The van der Waals surface area contributed by atoms with Crippen LogP contribution in [-0.2, 0) is 11.8 Å². The summed E-state index contributed by atoms with van der Waals surface area (Å²) in [6, 6.07) is 1.97. The van der Waals surface area contributed by atoms with Gasteiger partial charge in [-0.15, -0.1) is 0 Å². The predicted molar refractivity (Wildman–Crippen MR) is 79.0 cm³/mol. The summed E-state index contributed by atoms with van der Waals surface area (Å²) in [5.41, 5.74) is 1.37. The molecule has 0 saturated carbocycles. The summed E-state index contributed by atoms with van der Waals surface area (Å²) in [6.45, 7) is 1.29. The molecule has 0 bridgehead atoms. The Labute approximate surface area is 128 Å². The van der Waals surface area contributed by atoms with Gasteiger partial charge in [-0.3, -0.25) is 14.5 Å². The van der Waals surface area contributed by atoms with E-state index in [4.69, 9.17) is 4.74 Å². The van der Waals surface area contributed by atoms with Gasteiger partial charge in [0.2, 0.25) is 0 Å². The fourth-order valence-corrected chi connectivity index (χ4v) is 2.77. The van der Waals surface area contributed by atoms with Gasteiger partial charge in [0, 0.05) is 44.7 Å². The second-order valence-electron chi connectivity index (χ2n) is 5.37. The van der Waals surface area contributed by atoms with E-state index >= 15 is 0 Å². The molecular weight excluding hydrogens is 282 g/mol. The summed E-state index contributed by atoms with van der Waals surface area (Å²) in [6.07, 6.45) is 8.26. The van der Waals surface area contributed by atoms with Crippen molar-refractivity contribution < 1.29 is 9.53 Å². The topological polar surface area (TPSA) is 81.9 Å². The van der Waals surface area contributed by atoms with Crippen LogP contribution >= 0.6 is 0 Å². The van der Waals surface area contributed by atoms with Crippen LogP contribution in [0.4, 0.5) is 0 Å². The van der Waals surface area contributed by atoms with Gasteiger partial charge in [-0.25, -0.2) is 4.98 Å². The van der Waals surface area contributed by atoms with Crippen molar-refractivity contribution in [1.29, 1.82) is 0 Å². The molecule has 0 aromatic carbocycles. The van der Waals surface area contributed by atoms with Crippen LogP contribution in [0.5, 0.6) is 0 Å². The molecule has 1 fully saturated rings. The number of nitrogens with zero attached hydrogens (tertiary/aromatic N) is 4. The molecule has 2 aromatic rings. The maximum Gasteiger partial charge on any atom is 0.271 e. The average molecular weight is 301 g/mol. The molecule has 3 heterocycles. The van der Waals surface area contributed by atoms with Gasteiger partial charge in [0.1, 0.15) is 11.8 Å². The monoisotopic (exact) mass is 301 g/mol. The lowest BCUT2D eigenvalue weighted by Crippen LogP contribution is -2.36. The van der Waals surface area contributed by atoms with Gasteiger partial charge in [-0.05, 0) is 18.9 Å². The summed E-state index contributed by atoms with van der Waals surface area (Å²) in [5, 5.41) is 7.13. The molecule has 0 aliphatic carbocycles. The zero-order chi connectivity index (χ0) is 15.4. The molecule has 0 unspecified atom stereocenters. The van der Waals surface area contributed by atoms with Crippen LogP contribution in [0.2, 0.25) is 0 Å². The Morgan fingerprint density at radius 3 is 3.09 bits per heavy atom. The van der Waals surface area contributed by atoms with Crippen molar-refractivity contribution in [2.24, 2.45) is 13.0 Å². The normalized spacial score (nSPS) is 21.5. The first kappa shape index (κ1) is 14.6. The summed E-state index contributed by atoms with van der Waals surface area (Å²) < 4.78 is 7.74. The Morgan fingerprint density at radius 1 is 1.45 bits per heavy atom. The first-order chi connectivity index (χ1) is 10.8. The highest BCUT2D eigenvalue weighted by Crippen LogP contribution is 2.32. The van der Waals surface area contributed by atoms with E-state index < -0.39 is 0 Å². The molecule has 7 nitrogen and oxygen atoms in total. The molecule has 116 valence electrons. The minimum Gasteiger partial charge on any atom is -0.372 e. The van der Waals surface area contributed by atoms with Crippen molar-refractivity contribution in [3.05, 3.63) is 42.2 Å². The lowest BCUT2D eigenvalue weighted by molar-refractivity contribution is -0.0317. The summed E-state index contributed by atoms with van der Waals surface area (Å²) in [4.78, 5) is 20.0. The number of carbonyl (C=O) groups excluding carboxylic acids is 1. The molecule has 1 amide bonds. The molecule has 1 aliphatic heterocycles. The van der Waals surface area contributed by atoms with Crippen LogP contribution in [0.15, 0.2) is 30.9 Å². The first-order valence-electron chi connectivity index (χ1n) is 7.39. The third-order valence-corrected chi connectivity index (χ3v) is 3.92. The van der Waals surface area contributed by atoms with Crippen molar-refractivity contribution in [2.75, 3.05) is 13.2 Å². The smallest absolute Gasteiger partial charge is 0.271 e. The Bertz CT molecular complexity index is 628. The molecule has 7 heteroatoms. The number of hydrogen-bond donors (Lipinski definition) is 1. The average Bonchev–Trinajstić information content (AvgIpc) is 2.99. The largest absolute Gasteiger partial charge is 0.372 e. The van der Waals surface area contributed by atoms with E-state index in [0.717, 1.165) is 25.1 Å². The van der Waals surface area contributed by atoms with Crippen molar-refractivity contribution in [1.82, 2.24) is 25.1 Å². The lowest BCUT2D eigenvalue weighted by atomic mass is 9.92. The first-order valence-corrected chi connectivity index (χ1v) is 7.39. The van der Waals surface area contributed by atoms with Gasteiger partial charge in [0.25, 0.3) is 5.91 Å². The summed E-state index contributed by atoms with van der Waals surface area (Å²) >= 11 is 0. The van der Waals surface area contributed by atoms with E-state index in [1.807, 2.05) is 17.8 Å². The SMILES string of the molecule is Cn1nccc1[C@@H]1OCCC[C@H]1CNC(=O)c1cnccn1. The number of nitrogens with one attached hydrogen (secondary N) is 1. The van der Waals surface area contributed by atoms with E-state index in [-0.39, 0.29) is 17.9 Å². The van der Waals surface area contributed by atoms with Gasteiger partial charge in [0.05, 0.1) is 11.9 Å². The second kappa shape index (κ2) is 6.65. The minimum atomic E-state index is -0.206. The van der Waals surface area contributed by atoms with Gasteiger partial charge >= 0.3 is 0 Å². The molecule has 22 heavy (non-hydrogen) atoms. The van der Waals surface area contributed by atoms with Crippen LogP contribution in [0.25, 0.3) is 0 Å². The Kier molecular flexibility index (Phi) is 4.43. The van der Waals surface area contributed by atoms with Crippen LogP contribution in [0.1, 0.15) is 35.1 Å². The van der Waals surface area contributed by atoms with Gasteiger partial charge < -0.3 is 10.1 Å². The van der Waals surface area contributed by atoms with E-state index in [1.165, 1.54) is 12.4 Å². The maximum absolute atomic E-state index is 12.1. The van der Waals surface area contributed by atoms with Crippen LogP contribution in [0, 0.1) is 5.92 Å². The van der Waals surface area contributed by atoms with E-state index in [1.54, 1.807) is 12.4 Å². The lowest BCUT2D eigenvalue weighted by Gasteiger charge is -2.31. The zero-order valence-electron chi connectivity index (χ0n) is 12.5. The highest BCUT2D eigenvalue weighted by Gasteiger charge is 2.29. The fraction of sp³-hybridized carbons (Fsp3) is 0.467. The number of carbonyl (C=O) groups is 1. The number of hydrogen-bond acceptors (Lipinski definition) is 5. The third-order valence-electron chi connectivity index (χ3n) is 3.92. The molecule has 0 radical (unpaired) electrons. The highest BCUT2D eigenvalue weighted by molar-refractivity contribution is 5.91. The molecular formula is C15H19N5O2. The van der Waals surface area contributed by atoms with Crippen molar-refractivity contribution in [2.45, 2.75) is 18.9 Å². The van der Waals surface area contributed by atoms with Crippen molar-refractivity contribution in [3.63, 3.8) is 0 Å². The number of aryl methyl sites for hydroxylation is 1. The standard InChI is InChI=1S/C15H19N5O2/c1-20-13(4-5-19-20)14-11(3-2-8-22-14)9-18-15(21)12-10-16-6-7-17-12/h4-7,10-11,14H,2-3,8-9H2,1H3,(H,18,21)/t11-,14+/m0/s1. The number of amides is 1. The van der Waals surface area contributed by atoms with Crippen molar-refractivity contribution >= 4 is 5.91 Å². The van der Waals surface area contributed by atoms with Crippen molar-refractivity contribution in [3.8, 4) is 0 Å². The van der Waals surface area contributed by atoms with E-state index in [2.05, 4.69) is 20.4 Å². The molecule has 0 spiro atoms. The van der Waals surface area contributed by atoms with Gasteiger partial charge in [-0.2, -0.15) is 5.10 Å². The molecule has 3 rings (SSSR count). The quantitative estimate of drug-likeness (QED) is 0.914. The van der Waals surface area contributed by atoms with E-state index in [0.29, 0.717) is 12.2 Å². The predicted octanol–water partition coefficient (Wildman–Crippen LogP) is 1.11. The summed E-state index contributed by atoms with van der Waals surface area (Å²) in [5.74, 6) is 0.0206. The molecule has 1 saturated heterocycles. The summed E-state index contributed by atoms with van der Waals surface area (Å²) in [7, 11) is 1.91. The molecule has 2 aromatic heterocycles. The van der Waals surface area contributed by atoms with Crippen LogP contribution in [-0.4, -0.2) is 38.8 Å². The second-order valence-corrected chi connectivity index (χ2v) is 5.37. The van der Waals surface area contributed by atoms with Crippen LogP contribution < -0.4 is 5.32 Å². The third kappa shape index (κ3) is 3.14. The van der Waals surface area contributed by atoms with Gasteiger partial charge in [0.15, 0.2) is 0 Å². The molecule has 1 aliphatic rings. The molecule has 1 N–H and O–H groups in total. The van der Waals surface area contributed by atoms with E-state index in [9.17, 15) is 4.79 Å². The van der Waals surface area contributed by atoms with Gasteiger partial charge in [-0.1, -0.05) is 0 Å². The molecule has 2 atom stereocenters. The zero-order valence-corrected chi connectivity index (χ0v) is 12.5. The van der Waals surface area contributed by atoms with Crippen LogP contribution in [0.3, 0.4) is 0 Å². The highest BCUT2D eigenvalue weighted by atomic mass is 16.5. The fourth-order valence-electron chi connectivity index (χ4n) is 2.77. The Morgan fingerprint density at radius 2 is 2.36 bits per heavy atom. The number of rotatable bonds is 4. The maximum atomic E-state index is 12.1. The number of aromatic nitrogens is 4. The Hall–Kier alpha value is -2.28.